The Kier molecular flexibility index (Phi) is 8.29. The fourth-order valence-corrected chi connectivity index (χ4v) is 3.84. The molecule has 0 spiro atoms. The van der Waals surface area contributed by atoms with E-state index in [4.69, 9.17) is 9.84 Å². The van der Waals surface area contributed by atoms with Crippen LogP contribution in [0.15, 0.2) is 59.7 Å². The number of hydrogen-bond donors (Lipinski definition) is 2. The molecular weight excluding hydrogens is 458 g/mol. The van der Waals surface area contributed by atoms with Gasteiger partial charge in [-0.15, -0.1) is 5.10 Å². The summed E-state index contributed by atoms with van der Waals surface area (Å²) in [6.07, 6.45) is 2.53. The largest absolute Gasteiger partial charge is 0.478 e. The number of benzene rings is 2. The van der Waals surface area contributed by atoms with E-state index < -0.39 is 11.9 Å². The molecule has 36 heavy (non-hydrogen) atoms. The predicted molar refractivity (Wildman–Crippen MR) is 139 cm³/mol. The monoisotopic (exact) mass is 491 g/mol. The van der Waals surface area contributed by atoms with Gasteiger partial charge in [0.1, 0.15) is 0 Å². The van der Waals surface area contributed by atoms with E-state index in [1.165, 1.54) is 11.1 Å². The van der Waals surface area contributed by atoms with Crippen molar-refractivity contribution < 1.29 is 24.2 Å². The first kappa shape index (κ1) is 26.7. The molecule has 2 amide bonds. The molecule has 190 valence electrons. The number of hydrazone groups is 1. The van der Waals surface area contributed by atoms with Crippen LogP contribution in [-0.4, -0.2) is 40.4 Å². The van der Waals surface area contributed by atoms with Crippen LogP contribution in [0.5, 0.6) is 0 Å². The average molecular weight is 492 g/mol. The van der Waals surface area contributed by atoms with Crippen LogP contribution in [0.3, 0.4) is 0 Å². The summed E-state index contributed by atoms with van der Waals surface area (Å²) in [5.41, 5.74) is 2.73. The van der Waals surface area contributed by atoms with Crippen molar-refractivity contribution in [3.05, 3.63) is 71.3 Å². The van der Waals surface area contributed by atoms with Gasteiger partial charge in [0.2, 0.25) is 11.8 Å². The maximum atomic E-state index is 13.2. The third kappa shape index (κ3) is 7.04. The maximum Gasteiger partial charge on any atom is 0.328 e. The first-order chi connectivity index (χ1) is 16.9. The van der Waals surface area contributed by atoms with Gasteiger partial charge in [-0.2, -0.15) is 0 Å². The molecule has 0 bridgehead atoms. The van der Waals surface area contributed by atoms with Crippen LogP contribution in [-0.2, 0) is 25.7 Å². The zero-order valence-electron chi connectivity index (χ0n) is 21.3. The highest BCUT2D eigenvalue weighted by Gasteiger charge is 2.29. The second-order valence-corrected chi connectivity index (χ2v) is 10.1. The predicted octanol–water partition coefficient (Wildman–Crippen LogP) is 4.88. The number of hydrogen-bond acceptors (Lipinski definition) is 5. The number of anilines is 1. The Hall–Kier alpha value is -3.94. The molecule has 0 fully saturated rings. The molecule has 1 heterocycles. The number of nitrogens with one attached hydrogen (secondary N) is 1. The number of carboxylic acids is 1. The fraction of sp³-hybridized carbons (Fsp3) is 0.357. The van der Waals surface area contributed by atoms with Crippen LogP contribution in [0.25, 0.3) is 6.08 Å². The van der Waals surface area contributed by atoms with Gasteiger partial charge >= 0.3 is 5.97 Å². The minimum absolute atomic E-state index is 0.0307. The van der Waals surface area contributed by atoms with Gasteiger partial charge in [0.15, 0.2) is 6.61 Å². The van der Waals surface area contributed by atoms with E-state index >= 15 is 0 Å². The molecule has 2 N–H and O–H groups in total. The van der Waals surface area contributed by atoms with E-state index in [1.54, 1.807) is 24.3 Å². The lowest BCUT2D eigenvalue weighted by molar-refractivity contribution is -0.136. The third-order valence-corrected chi connectivity index (χ3v) is 5.67. The van der Waals surface area contributed by atoms with E-state index in [2.05, 4.69) is 10.4 Å². The second kappa shape index (κ2) is 11.2. The average Bonchev–Trinajstić information content (AvgIpc) is 2.79. The SMILES string of the molecule is CC(C)C(C(=O)Nc1cccc(C=CC(=O)O)c1)c1ccc(CN2N=C(C(C)(C)C)OCC2=O)cc1. The summed E-state index contributed by atoms with van der Waals surface area (Å²) in [4.78, 5) is 36.3. The molecule has 8 heteroatoms. The van der Waals surface area contributed by atoms with Crippen molar-refractivity contribution in [2.75, 3.05) is 11.9 Å². The molecule has 0 saturated carbocycles. The maximum absolute atomic E-state index is 13.2. The van der Waals surface area contributed by atoms with Crippen molar-refractivity contribution in [3.8, 4) is 0 Å². The minimum atomic E-state index is -1.04. The van der Waals surface area contributed by atoms with Crippen LogP contribution in [0, 0.1) is 11.3 Å². The molecule has 1 aliphatic rings. The van der Waals surface area contributed by atoms with Gasteiger partial charge in [-0.3, -0.25) is 9.59 Å². The van der Waals surface area contributed by atoms with Gasteiger partial charge in [0.05, 0.1) is 12.5 Å². The Bertz CT molecular complexity index is 1180. The molecule has 2 aromatic rings. The van der Waals surface area contributed by atoms with Gasteiger partial charge in [0.25, 0.3) is 5.91 Å². The number of nitrogens with zero attached hydrogens (tertiary/aromatic N) is 2. The van der Waals surface area contributed by atoms with Gasteiger partial charge < -0.3 is 15.2 Å². The van der Waals surface area contributed by atoms with Gasteiger partial charge in [-0.25, -0.2) is 9.80 Å². The summed E-state index contributed by atoms with van der Waals surface area (Å²) < 4.78 is 5.49. The number of rotatable bonds is 8. The van der Waals surface area contributed by atoms with E-state index in [1.807, 2.05) is 58.9 Å². The Morgan fingerprint density at radius 1 is 1.17 bits per heavy atom. The number of aliphatic carboxylic acids is 1. The first-order valence-corrected chi connectivity index (χ1v) is 11.9. The summed E-state index contributed by atoms with van der Waals surface area (Å²) in [5, 5.41) is 17.6. The summed E-state index contributed by atoms with van der Waals surface area (Å²) in [5.74, 6) is -1.23. The van der Waals surface area contributed by atoms with Crippen molar-refractivity contribution in [3.63, 3.8) is 0 Å². The molecule has 2 aromatic carbocycles. The van der Waals surface area contributed by atoms with Gasteiger partial charge in [0, 0.05) is 17.2 Å². The number of carbonyl (C=O) groups excluding carboxylic acids is 2. The Morgan fingerprint density at radius 2 is 1.86 bits per heavy atom. The summed E-state index contributed by atoms with van der Waals surface area (Å²) in [6.45, 7) is 10.2. The van der Waals surface area contributed by atoms with E-state index in [9.17, 15) is 14.4 Å². The molecule has 0 aliphatic carbocycles. The summed E-state index contributed by atoms with van der Waals surface area (Å²) in [6, 6.07) is 14.6. The van der Waals surface area contributed by atoms with Gasteiger partial charge in [-0.05, 0) is 40.8 Å². The van der Waals surface area contributed by atoms with Gasteiger partial charge in [-0.1, -0.05) is 71.0 Å². The number of amides is 2. The smallest absolute Gasteiger partial charge is 0.328 e. The summed E-state index contributed by atoms with van der Waals surface area (Å²) >= 11 is 0. The van der Waals surface area contributed by atoms with Crippen LogP contribution >= 0.6 is 0 Å². The van der Waals surface area contributed by atoms with E-state index in [0.29, 0.717) is 23.7 Å². The van der Waals surface area contributed by atoms with Crippen molar-refractivity contribution in [2.24, 2.45) is 16.4 Å². The lowest BCUT2D eigenvalue weighted by Crippen LogP contribution is -2.40. The first-order valence-electron chi connectivity index (χ1n) is 11.9. The standard InChI is InChI=1S/C28H33N3O5/c1-18(2)25(26(35)29-22-8-6-7-19(15-22)11-14-24(33)34)21-12-9-20(10-13-21)16-31-23(32)17-36-27(30-31)28(3,4)5/h6-15,18,25H,16-17H2,1-5H3,(H,29,35)(H,33,34). The lowest BCUT2D eigenvalue weighted by Gasteiger charge is -2.29. The van der Waals surface area contributed by atoms with Crippen LogP contribution in [0.2, 0.25) is 0 Å². The molecular formula is C28H33N3O5. The molecule has 0 aromatic heterocycles. The molecule has 1 unspecified atom stereocenters. The Balaban J connectivity index is 1.74. The zero-order valence-corrected chi connectivity index (χ0v) is 21.3. The van der Waals surface area contributed by atoms with Crippen molar-refractivity contribution in [2.45, 2.75) is 47.1 Å². The lowest BCUT2D eigenvalue weighted by atomic mass is 9.87. The molecule has 3 rings (SSSR count). The molecule has 1 aliphatic heterocycles. The number of carboxylic acid groups (broad SMARTS) is 1. The number of ether oxygens (including phenoxy) is 1. The van der Waals surface area contributed by atoms with Crippen molar-refractivity contribution in [1.82, 2.24) is 5.01 Å². The van der Waals surface area contributed by atoms with Crippen LogP contribution in [0.4, 0.5) is 5.69 Å². The highest BCUT2D eigenvalue weighted by molar-refractivity contribution is 5.96. The zero-order chi connectivity index (χ0) is 26.5. The van der Waals surface area contributed by atoms with Crippen molar-refractivity contribution in [1.29, 1.82) is 0 Å². The fourth-order valence-electron chi connectivity index (χ4n) is 3.84. The number of carbonyl (C=O) groups is 3. The van der Waals surface area contributed by atoms with Crippen molar-refractivity contribution >= 4 is 35.4 Å². The van der Waals surface area contributed by atoms with E-state index in [0.717, 1.165) is 17.2 Å². The van der Waals surface area contributed by atoms with Crippen LogP contribution in [0.1, 0.15) is 57.2 Å². The Labute approximate surface area is 211 Å². The molecule has 1 atom stereocenters. The topological polar surface area (TPSA) is 108 Å². The highest BCUT2D eigenvalue weighted by Crippen LogP contribution is 2.28. The molecule has 0 saturated heterocycles. The third-order valence-electron chi connectivity index (χ3n) is 5.67. The van der Waals surface area contributed by atoms with E-state index in [-0.39, 0.29) is 29.8 Å². The second-order valence-electron chi connectivity index (χ2n) is 10.1. The van der Waals surface area contributed by atoms with Crippen LogP contribution < -0.4 is 5.32 Å². The Morgan fingerprint density at radius 3 is 2.47 bits per heavy atom. The highest BCUT2D eigenvalue weighted by atomic mass is 16.5. The summed E-state index contributed by atoms with van der Waals surface area (Å²) in [7, 11) is 0. The molecule has 8 nitrogen and oxygen atoms in total. The molecule has 0 radical (unpaired) electrons. The quantitative estimate of drug-likeness (QED) is 0.512. The minimum Gasteiger partial charge on any atom is -0.478 e. The normalized spacial score (nSPS) is 15.0.